The quantitative estimate of drug-likeness (QED) is 0.563. The summed E-state index contributed by atoms with van der Waals surface area (Å²) >= 11 is 6.60. The Labute approximate surface area is 173 Å². The number of piperazine rings is 1. The van der Waals surface area contributed by atoms with Gasteiger partial charge in [0.05, 0.1) is 6.04 Å². The van der Waals surface area contributed by atoms with Crippen molar-refractivity contribution < 1.29 is 0 Å². The summed E-state index contributed by atoms with van der Waals surface area (Å²) in [6.45, 7) is 7.41. The molecule has 144 valence electrons. The summed E-state index contributed by atoms with van der Waals surface area (Å²) < 4.78 is 0. The summed E-state index contributed by atoms with van der Waals surface area (Å²) in [5, 5.41) is 0.846. The van der Waals surface area contributed by atoms with Crippen LogP contribution in [0.15, 0.2) is 78.9 Å². The first-order chi connectivity index (χ1) is 13.7. The van der Waals surface area contributed by atoms with Gasteiger partial charge in [0.15, 0.2) is 0 Å². The normalized spacial score (nSPS) is 16.8. The maximum Gasteiger partial charge on any atom is 0.0617 e. The van der Waals surface area contributed by atoms with Crippen LogP contribution >= 0.6 is 11.6 Å². The van der Waals surface area contributed by atoms with Crippen LogP contribution in [-0.4, -0.2) is 36.0 Å². The Morgan fingerprint density at radius 3 is 2.25 bits per heavy atom. The molecule has 3 aromatic carbocycles. The lowest BCUT2D eigenvalue weighted by Crippen LogP contribution is -2.47. The van der Waals surface area contributed by atoms with E-state index in [0.717, 1.165) is 37.7 Å². The maximum atomic E-state index is 6.60. The fraction of sp³-hybridized carbons (Fsp3) is 0.280. The van der Waals surface area contributed by atoms with Crippen molar-refractivity contribution >= 4 is 11.6 Å². The molecule has 1 aliphatic rings. The Balaban J connectivity index is 1.51. The van der Waals surface area contributed by atoms with Crippen molar-refractivity contribution in [2.45, 2.75) is 19.5 Å². The lowest BCUT2D eigenvalue weighted by Gasteiger charge is -2.40. The van der Waals surface area contributed by atoms with Crippen LogP contribution in [0, 0.1) is 6.92 Å². The molecular weight excluding hydrogens is 364 g/mol. The average Bonchev–Trinajstić information content (AvgIpc) is 2.72. The molecule has 2 nitrogen and oxygen atoms in total. The Morgan fingerprint density at radius 2 is 1.54 bits per heavy atom. The zero-order valence-corrected chi connectivity index (χ0v) is 17.1. The third-order valence-corrected chi connectivity index (χ3v) is 5.92. The van der Waals surface area contributed by atoms with E-state index in [-0.39, 0.29) is 6.04 Å². The third-order valence-electron chi connectivity index (χ3n) is 5.58. The van der Waals surface area contributed by atoms with E-state index in [2.05, 4.69) is 83.5 Å². The van der Waals surface area contributed by atoms with Gasteiger partial charge in [-0.1, -0.05) is 90.0 Å². The third kappa shape index (κ3) is 4.47. The molecule has 1 fully saturated rings. The molecule has 28 heavy (non-hydrogen) atoms. The van der Waals surface area contributed by atoms with Crippen molar-refractivity contribution in [3.8, 4) is 0 Å². The fourth-order valence-electron chi connectivity index (χ4n) is 4.17. The van der Waals surface area contributed by atoms with Gasteiger partial charge in [-0.2, -0.15) is 0 Å². The zero-order valence-electron chi connectivity index (χ0n) is 16.4. The highest BCUT2D eigenvalue weighted by molar-refractivity contribution is 6.31. The van der Waals surface area contributed by atoms with Crippen molar-refractivity contribution in [2.75, 3.05) is 26.2 Å². The molecular formula is C25H27ClN2. The van der Waals surface area contributed by atoms with Crippen molar-refractivity contribution in [2.24, 2.45) is 0 Å². The Morgan fingerprint density at radius 1 is 0.821 bits per heavy atom. The smallest absolute Gasteiger partial charge is 0.0617 e. The first-order valence-electron chi connectivity index (χ1n) is 10.0. The molecule has 0 N–H and O–H groups in total. The number of hydrogen-bond acceptors (Lipinski definition) is 2. The minimum absolute atomic E-state index is 0.205. The summed E-state index contributed by atoms with van der Waals surface area (Å²) in [7, 11) is 0. The standard InChI is InChI=1S/C25H27ClN2/c1-20-8-7-9-21(18-20)19-27-14-16-28(17-15-27)25(22-10-3-2-4-11-22)23-12-5-6-13-24(23)26/h2-13,18,25H,14-17,19H2,1H3. The van der Waals surface area contributed by atoms with Crippen LogP contribution in [0.5, 0.6) is 0 Å². The molecule has 3 aromatic rings. The Bertz CT molecular complexity index is 901. The number of rotatable bonds is 5. The molecule has 4 rings (SSSR count). The first-order valence-corrected chi connectivity index (χ1v) is 10.4. The second-order valence-electron chi connectivity index (χ2n) is 7.64. The number of aryl methyl sites for hydroxylation is 1. The van der Waals surface area contributed by atoms with Crippen LogP contribution in [0.4, 0.5) is 0 Å². The van der Waals surface area contributed by atoms with Gasteiger partial charge >= 0.3 is 0 Å². The summed E-state index contributed by atoms with van der Waals surface area (Å²) in [4.78, 5) is 5.13. The van der Waals surface area contributed by atoms with Crippen LogP contribution in [0.2, 0.25) is 5.02 Å². The van der Waals surface area contributed by atoms with E-state index < -0.39 is 0 Å². The Hall–Kier alpha value is -2.13. The van der Waals surface area contributed by atoms with Gasteiger partial charge in [-0.15, -0.1) is 0 Å². The van der Waals surface area contributed by atoms with Crippen LogP contribution in [0.1, 0.15) is 28.3 Å². The SMILES string of the molecule is Cc1cccc(CN2CCN(C(c3ccccc3)c3ccccc3Cl)CC2)c1. The predicted molar refractivity (Wildman–Crippen MR) is 118 cm³/mol. The van der Waals surface area contributed by atoms with Crippen LogP contribution < -0.4 is 0 Å². The highest BCUT2D eigenvalue weighted by Gasteiger charge is 2.27. The van der Waals surface area contributed by atoms with Gasteiger partial charge in [0.2, 0.25) is 0 Å². The molecule has 0 aliphatic carbocycles. The van der Waals surface area contributed by atoms with Crippen molar-refractivity contribution in [3.05, 3.63) is 106 Å². The molecule has 0 spiro atoms. The van der Waals surface area contributed by atoms with Gasteiger partial charge in [0.25, 0.3) is 0 Å². The minimum Gasteiger partial charge on any atom is -0.297 e. The molecule has 3 heteroatoms. The largest absolute Gasteiger partial charge is 0.297 e. The van der Waals surface area contributed by atoms with Crippen molar-refractivity contribution in [1.29, 1.82) is 0 Å². The Kier molecular flexibility index (Phi) is 6.11. The summed E-state index contributed by atoms with van der Waals surface area (Å²) in [5.74, 6) is 0. The molecule has 0 amide bonds. The van der Waals surface area contributed by atoms with E-state index in [1.807, 2.05) is 12.1 Å². The van der Waals surface area contributed by atoms with E-state index in [1.165, 1.54) is 22.3 Å². The van der Waals surface area contributed by atoms with Crippen molar-refractivity contribution in [3.63, 3.8) is 0 Å². The number of halogens is 1. The fourth-order valence-corrected chi connectivity index (χ4v) is 4.41. The number of hydrogen-bond donors (Lipinski definition) is 0. The molecule has 1 heterocycles. The number of benzene rings is 3. The molecule has 1 aliphatic heterocycles. The zero-order chi connectivity index (χ0) is 19.3. The van der Waals surface area contributed by atoms with E-state index in [1.54, 1.807) is 0 Å². The molecule has 0 radical (unpaired) electrons. The summed E-state index contributed by atoms with van der Waals surface area (Å²) in [6.07, 6.45) is 0. The molecule has 0 bridgehead atoms. The van der Waals surface area contributed by atoms with Gasteiger partial charge in [-0.25, -0.2) is 0 Å². The molecule has 0 aromatic heterocycles. The molecule has 1 atom stereocenters. The highest BCUT2D eigenvalue weighted by atomic mass is 35.5. The van der Waals surface area contributed by atoms with Gasteiger partial charge in [-0.3, -0.25) is 9.80 Å². The topological polar surface area (TPSA) is 6.48 Å². The monoisotopic (exact) mass is 390 g/mol. The highest BCUT2D eigenvalue weighted by Crippen LogP contribution is 2.33. The molecule has 1 unspecified atom stereocenters. The molecule has 0 saturated carbocycles. The van der Waals surface area contributed by atoms with Crippen LogP contribution in [0.25, 0.3) is 0 Å². The number of nitrogens with zero attached hydrogens (tertiary/aromatic N) is 2. The van der Waals surface area contributed by atoms with E-state index in [4.69, 9.17) is 11.6 Å². The minimum atomic E-state index is 0.205. The lowest BCUT2D eigenvalue weighted by atomic mass is 9.96. The second kappa shape index (κ2) is 8.91. The van der Waals surface area contributed by atoms with Gasteiger partial charge in [0, 0.05) is 37.7 Å². The maximum absolute atomic E-state index is 6.60. The van der Waals surface area contributed by atoms with E-state index >= 15 is 0 Å². The van der Waals surface area contributed by atoms with Crippen molar-refractivity contribution in [1.82, 2.24) is 9.80 Å². The average molecular weight is 391 g/mol. The van der Waals surface area contributed by atoms with Gasteiger partial charge in [0.1, 0.15) is 0 Å². The lowest BCUT2D eigenvalue weighted by molar-refractivity contribution is 0.105. The summed E-state index contributed by atoms with van der Waals surface area (Å²) in [6, 6.07) is 28.1. The predicted octanol–water partition coefficient (Wildman–Crippen LogP) is 5.56. The van der Waals surface area contributed by atoms with Crippen LogP contribution in [0.3, 0.4) is 0 Å². The van der Waals surface area contributed by atoms with E-state index in [0.29, 0.717) is 0 Å². The van der Waals surface area contributed by atoms with Crippen LogP contribution in [-0.2, 0) is 6.54 Å². The van der Waals surface area contributed by atoms with Gasteiger partial charge < -0.3 is 0 Å². The molecule has 1 saturated heterocycles. The second-order valence-corrected chi connectivity index (χ2v) is 8.04. The van der Waals surface area contributed by atoms with Gasteiger partial charge in [-0.05, 0) is 29.7 Å². The first kappa shape index (κ1) is 19.2. The summed E-state index contributed by atoms with van der Waals surface area (Å²) in [5.41, 5.74) is 5.24. The van der Waals surface area contributed by atoms with E-state index in [9.17, 15) is 0 Å².